The van der Waals surface area contributed by atoms with Gasteiger partial charge in [0, 0.05) is 51.4 Å². The van der Waals surface area contributed by atoms with Crippen molar-refractivity contribution in [1.29, 1.82) is 0 Å². The van der Waals surface area contributed by atoms with Gasteiger partial charge in [0.2, 0.25) is 5.43 Å². The first kappa shape index (κ1) is 20.2. The van der Waals surface area contributed by atoms with Gasteiger partial charge in [0.05, 0.1) is 17.7 Å². The zero-order valence-corrected chi connectivity index (χ0v) is 15.8. The number of hydrogen-bond acceptors (Lipinski definition) is 4. The van der Waals surface area contributed by atoms with Gasteiger partial charge < -0.3 is 19.7 Å². The van der Waals surface area contributed by atoms with E-state index in [4.69, 9.17) is 0 Å². The molecule has 1 saturated heterocycles. The van der Waals surface area contributed by atoms with Gasteiger partial charge in [-0.15, -0.1) is 0 Å². The van der Waals surface area contributed by atoms with Gasteiger partial charge in [-0.3, -0.25) is 9.59 Å². The first-order valence-corrected chi connectivity index (χ1v) is 9.19. The van der Waals surface area contributed by atoms with E-state index in [0.717, 1.165) is 24.1 Å². The summed E-state index contributed by atoms with van der Waals surface area (Å²) < 4.78 is 41.6. The number of piperazine rings is 1. The molecule has 2 aromatic rings. The third-order valence-corrected chi connectivity index (χ3v) is 4.94. The molecule has 1 fully saturated rings. The number of halogens is 3. The molecule has 1 N–H and O–H groups in total. The lowest BCUT2D eigenvalue weighted by Gasteiger charge is -2.30. The van der Waals surface area contributed by atoms with E-state index in [1.54, 1.807) is 10.6 Å². The molecule has 0 spiro atoms. The summed E-state index contributed by atoms with van der Waals surface area (Å²) in [6.07, 6.45) is -1.34. The molecule has 1 aliphatic rings. The van der Waals surface area contributed by atoms with Crippen molar-refractivity contribution in [2.45, 2.75) is 19.9 Å². The minimum atomic E-state index is -2.71. The number of amides is 1. The average Bonchev–Trinajstić information content (AvgIpc) is 2.68. The molecule has 0 unspecified atom stereocenters. The highest BCUT2D eigenvalue weighted by atomic mass is 19.3. The first-order chi connectivity index (χ1) is 13.3. The molecule has 1 aromatic heterocycles. The molecule has 0 radical (unpaired) electrons. The number of carbonyl (C=O) groups is 1. The largest absolute Gasteiger partial charge is 0.367 e. The van der Waals surface area contributed by atoms with Crippen LogP contribution in [0.3, 0.4) is 0 Å². The third-order valence-electron chi connectivity index (χ3n) is 4.94. The number of pyridine rings is 1. The average molecular weight is 396 g/mol. The summed E-state index contributed by atoms with van der Waals surface area (Å²) in [6.45, 7) is 4.25. The highest BCUT2D eigenvalue weighted by Crippen LogP contribution is 2.26. The van der Waals surface area contributed by atoms with Gasteiger partial charge in [0.1, 0.15) is 11.4 Å². The van der Waals surface area contributed by atoms with E-state index in [-0.39, 0.29) is 10.9 Å². The van der Waals surface area contributed by atoms with Crippen LogP contribution < -0.4 is 15.6 Å². The summed E-state index contributed by atoms with van der Waals surface area (Å²) in [5.74, 6) is -1.35. The Bertz CT molecular complexity index is 939. The van der Waals surface area contributed by atoms with Gasteiger partial charge in [-0.2, -0.15) is 0 Å². The molecule has 6 nitrogen and oxygen atoms in total. The summed E-state index contributed by atoms with van der Waals surface area (Å²) in [5, 5.41) is 3.27. The number of nitrogens with one attached hydrogen (secondary N) is 1. The van der Waals surface area contributed by atoms with Crippen molar-refractivity contribution < 1.29 is 18.0 Å². The summed E-state index contributed by atoms with van der Waals surface area (Å²) in [5.41, 5.74) is 0.0170. The van der Waals surface area contributed by atoms with E-state index in [9.17, 15) is 22.8 Å². The SMILES string of the molecule is CCn1cc(C(=O)N(C)CC(F)F)c(=O)c2cc(F)c(N3CCNCC3)cc21. The van der Waals surface area contributed by atoms with Crippen molar-refractivity contribution in [2.24, 2.45) is 0 Å². The second-order valence-electron chi connectivity index (χ2n) is 6.79. The molecular weight excluding hydrogens is 373 g/mol. The molecule has 152 valence electrons. The van der Waals surface area contributed by atoms with Gasteiger partial charge in [0.25, 0.3) is 12.3 Å². The lowest BCUT2D eigenvalue weighted by atomic mass is 10.1. The van der Waals surface area contributed by atoms with E-state index in [2.05, 4.69) is 5.32 Å². The normalized spacial score (nSPS) is 14.7. The molecule has 2 heterocycles. The van der Waals surface area contributed by atoms with Gasteiger partial charge in [-0.1, -0.05) is 0 Å². The lowest BCUT2D eigenvalue weighted by Crippen LogP contribution is -2.44. The molecule has 28 heavy (non-hydrogen) atoms. The fraction of sp³-hybridized carbons (Fsp3) is 0.474. The predicted octanol–water partition coefficient (Wildman–Crippen LogP) is 1.91. The van der Waals surface area contributed by atoms with Crippen LogP contribution in [0.25, 0.3) is 10.9 Å². The second kappa shape index (κ2) is 8.22. The monoisotopic (exact) mass is 396 g/mol. The van der Waals surface area contributed by atoms with E-state index < -0.39 is 30.1 Å². The molecular formula is C19H23F3N4O2. The number of aryl methyl sites for hydroxylation is 1. The van der Waals surface area contributed by atoms with Crippen molar-refractivity contribution in [1.82, 2.24) is 14.8 Å². The van der Waals surface area contributed by atoms with Crippen molar-refractivity contribution in [3.8, 4) is 0 Å². The molecule has 1 aliphatic heterocycles. The summed E-state index contributed by atoms with van der Waals surface area (Å²) in [4.78, 5) is 28.0. The van der Waals surface area contributed by atoms with Crippen molar-refractivity contribution in [2.75, 3.05) is 44.7 Å². The summed E-state index contributed by atoms with van der Waals surface area (Å²) >= 11 is 0. The standard InChI is InChI=1S/C19H23F3N4O2/c1-3-25-10-13(19(28)24(2)11-17(21)22)18(27)12-8-14(20)16(9-15(12)25)26-6-4-23-5-7-26/h8-10,17,23H,3-7,11H2,1-2H3. The minimum absolute atomic E-state index is 0.0644. The molecule has 0 atom stereocenters. The molecule has 9 heteroatoms. The van der Waals surface area contributed by atoms with Gasteiger partial charge >= 0.3 is 0 Å². The predicted molar refractivity (Wildman–Crippen MR) is 102 cm³/mol. The van der Waals surface area contributed by atoms with Crippen LogP contribution in [0.5, 0.6) is 0 Å². The maximum atomic E-state index is 14.8. The first-order valence-electron chi connectivity index (χ1n) is 9.19. The maximum Gasteiger partial charge on any atom is 0.259 e. The van der Waals surface area contributed by atoms with E-state index in [0.29, 0.717) is 30.8 Å². The van der Waals surface area contributed by atoms with Gasteiger partial charge in [-0.25, -0.2) is 13.2 Å². The zero-order chi connectivity index (χ0) is 20.4. The number of alkyl halides is 2. The van der Waals surface area contributed by atoms with Crippen LogP contribution in [-0.2, 0) is 6.54 Å². The molecule has 0 saturated carbocycles. The molecule has 0 aliphatic carbocycles. The van der Waals surface area contributed by atoms with E-state index in [1.165, 1.54) is 13.2 Å². The Morgan fingerprint density at radius 1 is 1.29 bits per heavy atom. The van der Waals surface area contributed by atoms with E-state index >= 15 is 0 Å². The third kappa shape index (κ3) is 3.84. The summed E-state index contributed by atoms with van der Waals surface area (Å²) in [7, 11) is 1.21. The number of fused-ring (bicyclic) bond motifs is 1. The van der Waals surface area contributed by atoms with Crippen LogP contribution in [0.1, 0.15) is 17.3 Å². The summed E-state index contributed by atoms with van der Waals surface area (Å²) in [6, 6.07) is 2.77. The number of benzene rings is 1. The molecule has 3 rings (SSSR count). The number of rotatable bonds is 5. The van der Waals surface area contributed by atoms with Crippen LogP contribution in [0.4, 0.5) is 18.9 Å². The smallest absolute Gasteiger partial charge is 0.259 e. The highest BCUT2D eigenvalue weighted by Gasteiger charge is 2.23. The van der Waals surface area contributed by atoms with E-state index in [1.807, 2.05) is 11.8 Å². The van der Waals surface area contributed by atoms with Crippen molar-refractivity contribution in [3.63, 3.8) is 0 Å². The van der Waals surface area contributed by atoms with Crippen molar-refractivity contribution in [3.05, 3.63) is 39.9 Å². The fourth-order valence-electron chi connectivity index (χ4n) is 3.46. The van der Waals surface area contributed by atoms with Crippen LogP contribution in [0.2, 0.25) is 0 Å². The van der Waals surface area contributed by atoms with Gasteiger partial charge in [-0.05, 0) is 19.1 Å². The van der Waals surface area contributed by atoms with Crippen LogP contribution in [0, 0.1) is 5.82 Å². The second-order valence-corrected chi connectivity index (χ2v) is 6.79. The molecule has 0 bridgehead atoms. The zero-order valence-electron chi connectivity index (χ0n) is 15.8. The number of hydrogen-bond donors (Lipinski definition) is 1. The number of carbonyl (C=O) groups excluding carboxylic acids is 1. The van der Waals surface area contributed by atoms with Crippen LogP contribution in [0.15, 0.2) is 23.1 Å². The Hall–Kier alpha value is -2.55. The Balaban J connectivity index is 2.11. The number of nitrogens with zero attached hydrogens (tertiary/aromatic N) is 3. The Morgan fingerprint density at radius 2 is 1.96 bits per heavy atom. The quantitative estimate of drug-likeness (QED) is 0.839. The number of aromatic nitrogens is 1. The lowest BCUT2D eigenvalue weighted by molar-refractivity contribution is 0.0618. The topological polar surface area (TPSA) is 57.6 Å². The van der Waals surface area contributed by atoms with Crippen LogP contribution in [-0.4, -0.2) is 61.6 Å². The molecule has 1 aromatic carbocycles. The Labute approximate surface area is 160 Å². The minimum Gasteiger partial charge on any atom is -0.367 e. The maximum absolute atomic E-state index is 14.8. The van der Waals surface area contributed by atoms with Crippen LogP contribution >= 0.6 is 0 Å². The highest BCUT2D eigenvalue weighted by molar-refractivity contribution is 5.97. The number of anilines is 1. The Morgan fingerprint density at radius 3 is 2.57 bits per heavy atom. The fourth-order valence-corrected chi connectivity index (χ4v) is 3.46. The molecule has 1 amide bonds. The Kier molecular flexibility index (Phi) is 5.93. The van der Waals surface area contributed by atoms with Gasteiger partial charge in [0.15, 0.2) is 0 Å². The van der Waals surface area contributed by atoms with Crippen molar-refractivity contribution >= 4 is 22.5 Å².